The van der Waals surface area contributed by atoms with Gasteiger partial charge in [-0.1, -0.05) is 29.4 Å². The molecule has 2 aromatic carbocycles. The van der Waals surface area contributed by atoms with Crippen molar-refractivity contribution in [3.63, 3.8) is 0 Å². The first kappa shape index (κ1) is 12.2. The fraction of sp³-hybridized carbons (Fsp3) is 0.0667. The molecule has 0 fully saturated rings. The second-order valence-corrected chi connectivity index (χ2v) is 4.17. The summed E-state index contributed by atoms with van der Waals surface area (Å²) in [5.74, 6) is 1.71. The Morgan fingerprint density at radius 2 is 1.90 bits per heavy atom. The Bertz CT molecular complexity index is 695. The van der Waals surface area contributed by atoms with Crippen molar-refractivity contribution >= 4 is 0 Å². The van der Waals surface area contributed by atoms with E-state index in [1.807, 2.05) is 30.3 Å². The molecular weight excluding hydrogens is 256 g/mol. The summed E-state index contributed by atoms with van der Waals surface area (Å²) in [7, 11) is 0. The van der Waals surface area contributed by atoms with Crippen LogP contribution in [0.3, 0.4) is 0 Å². The number of phenolic OH excluding ortho intramolecular Hbond substituents is 1. The lowest BCUT2D eigenvalue weighted by atomic mass is 10.2. The summed E-state index contributed by atoms with van der Waals surface area (Å²) in [6.45, 7) is 0.229. The molecule has 0 saturated carbocycles. The van der Waals surface area contributed by atoms with E-state index in [4.69, 9.17) is 9.26 Å². The van der Waals surface area contributed by atoms with Crippen molar-refractivity contribution < 1.29 is 14.4 Å². The van der Waals surface area contributed by atoms with Crippen LogP contribution in [0.15, 0.2) is 59.1 Å². The third-order valence-corrected chi connectivity index (χ3v) is 2.67. The van der Waals surface area contributed by atoms with Crippen molar-refractivity contribution in [3.05, 3.63) is 60.4 Å². The molecule has 5 heteroatoms. The van der Waals surface area contributed by atoms with E-state index < -0.39 is 0 Å². The average Bonchev–Trinajstić information content (AvgIpc) is 2.95. The van der Waals surface area contributed by atoms with Gasteiger partial charge in [0.25, 0.3) is 5.89 Å². The molecule has 0 atom stereocenters. The Morgan fingerprint density at radius 3 is 2.70 bits per heavy atom. The highest BCUT2D eigenvalue weighted by Gasteiger charge is 2.09. The molecule has 1 N–H and O–H groups in total. The molecule has 0 amide bonds. The average molecular weight is 268 g/mol. The summed E-state index contributed by atoms with van der Waals surface area (Å²) in [6, 6.07) is 16.1. The molecule has 3 aromatic rings. The van der Waals surface area contributed by atoms with Gasteiger partial charge in [0, 0.05) is 5.56 Å². The van der Waals surface area contributed by atoms with Crippen molar-refractivity contribution in [1.82, 2.24) is 10.1 Å². The fourth-order valence-electron chi connectivity index (χ4n) is 1.73. The number of benzene rings is 2. The van der Waals surface area contributed by atoms with Crippen molar-refractivity contribution in [2.24, 2.45) is 0 Å². The fourth-order valence-corrected chi connectivity index (χ4v) is 1.73. The molecule has 5 nitrogen and oxygen atoms in total. The highest BCUT2D eigenvalue weighted by molar-refractivity contribution is 5.55. The predicted molar refractivity (Wildman–Crippen MR) is 72.2 cm³/mol. The summed E-state index contributed by atoms with van der Waals surface area (Å²) in [4.78, 5) is 4.22. The normalized spacial score (nSPS) is 10.4. The van der Waals surface area contributed by atoms with Gasteiger partial charge in [-0.05, 0) is 30.3 Å². The molecule has 0 bridgehead atoms. The molecule has 1 heterocycles. The zero-order chi connectivity index (χ0) is 13.8. The van der Waals surface area contributed by atoms with Gasteiger partial charge in [0.15, 0.2) is 6.61 Å². The minimum atomic E-state index is 0.155. The van der Waals surface area contributed by atoms with E-state index in [-0.39, 0.29) is 12.4 Å². The Hall–Kier alpha value is -2.82. The molecule has 0 radical (unpaired) electrons. The molecule has 0 aliphatic heterocycles. The van der Waals surface area contributed by atoms with Crippen LogP contribution in [0.1, 0.15) is 5.82 Å². The number of nitrogens with zero attached hydrogens (tertiary/aromatic N) is 2. The number of phenols is 1. The topological polar surface area (TPSA) is 68.4 Å². The van der Waals surface area contributed by atoms with Crippen LogP contribution in [-0.4, -0.2) is 15.2 Å². The molecule has 0 aliphatic carbocycles. The molecule has 20 heavy (non-hydrogen) atoms. The van der Waals surface area contributed by atoms with Crippen molar-refractivity contribution in [1.29, 1.82) is 0 Å². The summed E-state index contributed by atoms with van der Waals surface area (Å²) < 4.78 is 10.7. The van der Waals surface area contributed by atoms with Crippen molar-refractivity contribution in [3.8, 4) is 23.0 Å². The van der Waals surface area contributed by atoms with Gasteiger partial charge in [-0.2, -0.15) is 4.98 Å². The standard InChI is InChI=1S/C15H12N2O3/c18-12-6-4-5-11(9-12)15-16-14(17-20-15)10-19-13-7-2-1-3-8-13/h1-9,18H,10H2. The zero-order valence-electron chi connectivity index (χ0n) is 10.6. The summed E-state index contributed by atoms with van der Waals surface area (Å²) in [5.41, 5.74) is 0.670. The summed E-state index contributed by atoms with van der Waals surface area (Å²) >= 11 is 0. The smallest absolute Gasteiger partial charge is 0.258 e. The van der Waals surface area contributed by atoms with Gasteiger partial charge in [-0.25, -0.2) is 0 Å². The lowest BCUT2D eigenvalue weighted by Gasteiger charge is -2.01. The summed E-state index contributed by atoms with van der Waals surface area (Å²) in [6.07, 6.45) is 0. The van der Waals surface area contributed by atoms with Gasteiger partial charge in [-0.15, -0.1) is 0 Å². The molecule has 0 saturated heterocycles. The van der Waals surface area contributed by atoms with Gasteiger partial charge in [0.05, 0.1) is 0 Å². The molecular formula is C15H12N2O3. The van der Waals surface area contributed by atoms with Crippen LogP contribution in [0, 0.1) is 0 Å². The van der Waals surface area contributed by atoms with Gasteiger partial charge in [0.2, 0.25) is 5.82 Å². The van der Waals surface area contributed by atoms with E-state index in [2.05, 4.69) is 10.1 Å². The highest BCUT2D eigenvalue weighted by Crippen LogP contribution is 2.21. The first-order chi connectivity index (χ1) is 9.81. The Balaban J connectivity index is 1.71. The molecule has 1 aromatic heterocycles. The van der Waals surface area contributed by atoms with Crippen molar-refractivity contribution in [2.45, 2.75) is 6.61 Å². The van der Waals surface area contributed by atoms with Crippen LogP contribution in [0.25, 0.3) is 11.5 Å². The number of aromatic nitrogens is 2. The largest absolute Gasteiger partial charge is 0.508 e. The number of rotatable bonds is 4. The van der Waals surface area contributed by atoms with E-state index in [9.17, 15) is 5.11 Å². The first-order valence-electron chi connectivity index (χ1n) is 6.11. The van der Waals surface area contributed by atoms with E-state index in [1.165, 1.54) is 0 Å². The van der Waals surface area contributed by atoms with Gasteiger partial charge in [0.1, 0.15) is 11.5 Å². The Kier molecular flexibility index (Phi) is 3.33. The van der Waals surface area contributed by atoms with Gasteiger partial charge in [-0.3, -0.25) is 0 Å². The SMILES string of the molecule is Oc1cccc(-c2nc(COc3ccccc3)no2)c1. The third kappa shape index (κ3) is 2.77. The van der Waals surface area contributed by atoms with Crippen LogP contribution in [0.4, 0.5) is 0 Å². The van der Waals surface area contributed by atoms with Gasteiger partial charge < -0.3 is 14.4 Å². The Labute approximate surface area is 115 Å². The van der Waals surface area contributed by atoms with Gasteiger partial charge >= 0.3 is 0 Å². The predicted octanol–water partition coefficient (Wildman–Crippen LogP) is 3.02. The number of hydrogen-bond acceptors (Lipinski definition) is 5. The van der Waals surface area contributed by atoms with Crippen LogP contribution in [0.5, 0.6) is 11.5 Å². The van der Waals surface area contributed by atoms with Crippen molar-refractivity contribution in [2.75, 3.05) is 0 Å². The zero-order valence-corrected chi connectivity index (χ0v) is 10.6. The minimum Gasteiger partial charge on any atom is -0.508 e. The van der Waals surface area contributed by atoms with Crippen LogP contribution in [0.2, 0.25) is 0 Å². The number of hydrogen-bond donors (Lipinski definition) is 1. The molecule has 0 unspecified atom stereocenters. The monoisotopic (exact) mass is 268 g/mol. The highest BCUT2D eigenvalue weighted by atomic mass is 16.5. The maximum absolute atomic E-state index is 9.42. The maximum Gasteiger partial charge on any atom is 0.258 e. The maximum atomic E-state index is 9.42. The van der Waals surface area contributed by atoms with E-state index in [1.54, 1.807) is 24.3 Å². The second-order valence-electron chi connectivity index (χ2n) is 4.17. The number of ether oxygens (including phenoxy) is 1. The Morgan fingerprint density at radius 1 is 1.05 bits per heavy atom. The molecule has 100 valence electrons. The summed E-state index contributed by atoms with van der Waals surface area (Å²) in [5, 5.41) is 13.3. The lowest BCUT2D eigenvalue weighted by molar-refractivity contribution is 0.287. The molecule has 0 aliphatic rings. The van der Waals surface area contributed by atoms with E-state index >= 15 is 0 Å². The molecule has 3 rings (SSSR count). The number of para-hydroxylation sites is 1. The quantitative estimate of drug-likeness (QED) is 0.787. The van der Waals surface area contributed by atoms with E-state index in [0.717, 1.165) is 5.75 Å². The van der Waals surface area contributed by atoms with E-state index in [0.29, 0.717) is 17.3 Å². The minimum absolute atomic E-state index is 0.155. The van der Waals surface area contributed by atoms with Crippen LogP contribution < -0.4 is 4.74 Å². The van der Waals surface area contributed by atoms with Crippen LogP contribution >= 0.6 is 0 Å². The second kappa shape index (κ2) is 5.44. The first-order valence-corrected chi connectivity index (χ1v) is 6.11. The van der Waals surface area contributed by atoms with Crippen LogP contribution in [-0.2, 0) is 6.61 Å². The third-order valence-electron chi connectivity index (χ3n) is 2.67. The number of aromatic hydroxyl groups is 1. The lowest BCUT2D eigenvalue weighted by Crippen LogP contribution is -1.97. The molecule has 0 spiro atoms.